The number of hydrogen-bond acceptors (Lipinski definition) is 5. The van der Waals surface area contributed by atoms with Gasteiger partial charge in [-0.15, -0.1) is 0 Å². The summed E-state index contributed by atoms with van der Waals surface area (Å²) >= 11 is 1.53. The average molecular weight is 228 g/mol. The average Bonchev–Trinajstić information content (AvgIpc) is 2.18. The summed E-state index contributed by atoms with van der Waals surface area (Å²) in [4.78, 5) is 8.63. The van der Waals surface area contributed by atoms with Crippen LogP contribution in [0.3, 0.4) is 0 Å². The van der Waals surface area contributed by atoms with Crippen LogP contribution in [-0.2, 0) is 9.47 Å². The van der Waals surface area contributed by atoms with Gasteiger partial charge in [0.05, 0.1) is 5.75 Å². The van der Waals surface area contributed by atoms with Gasteiger partial charge in [-0.2, -0.15) is 0 Å². The van der Waals surface area contributed by atoms with Crippen molar-refractivity contribution >= 4 is 11.8 Å². The second-order valence-electron chi connectivity index (χ2n) is 3.15. The molecule has 1 aromatic rings. The Hall–Kier alpha value is -0.650. The van der Waals surface area contributed by atoms with Gasteiger partial charge in [-0.1, -0.05) is 11.8 Å². The van der Waals surface area contributed by atoms with Crippen LogP contribution < -0.4 is 0 Å². The number of rotatable bonds is 5. The van der Waals surface area contributed by atoms with Crippen molar-refractivity contribution in [1.82, 2.24) is 9.97 Å². The summed E-state index contributed by atoms with van der Waals surface area (Å²) < 4.78 is 10.2. The fourth-order valence-electron chi connectivity index (χ4n) is 1.13. The molecule has 0 spiro atoms. The predicted octanol–water partition coefficient (Wildman–Crippen LogP) is 1.80. The van der Waals surface area contributed by atoms with Crippen molar-refractivity contribution in [2.24, 2.45) is 0 Å². The lowest BCUT2D eigenvalue weighted by molar-refractivity contribution is -0.0842. The van der Waals surface area contributed by atoms with Crippen LogP contribution in [0, 0.1) is 13.8 Å². The second-order valence-corrected chi connectivity index (χ2v) is 4.13. The molecule has 0 radical (unpaired) electrons. The van der Waals surface area contributed by atoms with Crippen LogP contribution in [0.4, 0.5) is 0 Å². The lowest BCUT2D eigenvalue weighted by Gasteiger charge is -2.11. The quantitative estimate of drug-likeness (QED) is 0.437. The van der Waals surface area contributed by atoms with Crippen LogP contribution in [0.5, 0.6) is 0 Å². The van der Waals surface area contributed by atoms with E-state index in [0.717, 1.165) is 16.5 Å². The molecule has 5 heteroatoms. The summed E-state index contributed by atoms with van der Waals surface area (Å²) in [6.45, 7) is 3.92. The molecule has 0 saturated carbocycles. The molecule has 15 heavy (non-hydrogen) atoms. The van der Waals surface area contributed by atoms with Crippen molar-refractivity contribution in [1.29, 1.82) is 0 Å². The SMILES string of the molecule is COC(CSc1nc(C)cc(C)n1)OC. The minimum Gasteiger partial charge on any atom is -0.355 e. The van der Waals surface area contributed by atoms with Crippen molar-refractivity contribution in [3.8, 4) is 0 Å². The highest BCUT2D eigenvalue weighted by atomic mass is 32.2. The highest BCUT2D eigenvalue weighted by Gasteiger charge is 2.07. The molecule has 0 amide bonds. The Kier molecular flexibility index (Phi) is 5.01. The zero-order chi connectivity index (χ0) is 11.3. The van der Waals surface area contributed by atoms with Gasteiger partial charge >= 0.3 is 0 Å². The van der Waals surface area contributed by atoms with Gasteiger partial charge in [0.2, 0.25) is 0 Å². The Labute approximate surface area is 94.4 Å². The van der Waals surface area contributed by atoms with Crippen LogP contribution >= 0.6 is 11.8 Å². The van der Waals surface area contributed by atoms with Crippen LogP contribution in [0.1, 0.15) is 11.4 Å². The summed E-state index contributed by atoms with van der Waals surface area (Å²) in [5.74, 6) is 0.690. The molecule has 0 aromatic carbocycles. The number of methoxy groups -OCH3 is 2. The highest BCUT2D eigenvalue weighted by Crippen LogP contribution is 2.16. The zero-order valence-electron chi connectivity index (χ0n) is 9.48. The molecule has 0 aliphatic rings. The molecule has 0 bridgehead atoms. The molecule has 1 heterocycles. The first kappa shape index (κ1) is 12.4. The first-order valence-corrected chi connectivity index (χ1v) is 5.65. The molecular formula is C10H16N2O2S. The molecule has 0 N–H and O–H groups in total. The number of aromatic nitrogens is 2. The summed E-state index contributed by atoms with van der Waals surface area (Å²) in [6.07, 6.45) is -0.209. The van der Waals surface area contributed by atoms with E-state index >= 15 is 0 Å². The third kappa shape index (κ3) is 4.15. The number of hydrogen-bond donors (Lipinski definition) is 0. The van der Waals surface area contributed by atoms with Crippen molar-refractivity contribution in [2.75, 3.05) is 20.0 Å². The summed E-state index contributed by atoms with van der Waals surface area (Å²) in [7, 11) is 3.24. The molecule has 0 atom stereocenters. The van der Waals surface area contributed by atoms with Crippen LogP contribution in [0.15, 0.2) is 11.2 Å². The van der Waals surface area contributed by atoms with Gasteiger partial charge in [0.15, 0.2) is 11.4 Å². The Morgan fingerprint density at radius 3 is 2.20 bits per heavy atom. The van der Waals surface area contributed by atoms with E-state index in [1.165, 1.54) is 11.8 Å². The van der Waals surface area contributed by atoms with Crippen LogP contribution in [0.25, 0.3) is 0 Å². The topological polar surface area (TPSA) is 44.2 Å². The van der Waals surface area contributed by atoms with E-state index in [0.29, 0.717) is 5.75 Å². The van der Waals surface area contributed by atoms with Crippen LogP contribution in [-0.4, -0.2) is 36.2 Å². The van der Waals surface area contributed by atoms with E-state index in [4.69, 9.17) is 9.47 Å². The Balaban J connectivity index is 2.57. The van der Waals surface area contributed by atoms with Gasteiger partial charge in [-0.05, 0) is 19.9 Å². The third-order valence-electron chi connectivity index (χ3n) is 1.84. The van der Waals surface area contributed by atoms with Gasteiger partial charge in [0, 0.05) is 25.6 Å². The Morgan fingerprint density at radius 2 is 1.73 bits per heavy atom. The predicted molar refractivity (Wildman–Crippen MR) is 60.0 cm³/mol. The largest absolute Gasteiger partial charge is 0.355 e. The number of thioether (sulfide) groups is 1. The van der Waals surface area contributed by atoms with E-state index in [2.05, 4.69) is 9.97 Å². The lowest BCUT2D eigenvalue weighted by atomic mass is 10.4. The van der Waals surface area contributed by atoms with E-state index in [-0.39, 0.29) is 6.29 Å². The van der Waals surface area contributed by atoms with E-state index < -0.39 is 0 Å². The van der Waals surface area contributed by atoms with Gasteiger partial charge in [-0.25, -0.2) is 9.97 Å². The molecule has 0 aliphatic carbocycles. The molecular weight excluding hydrogens is 212 g/mol. The zero-order valence-corrected chi connectivity index (χ0v) is 10.3. The molecule has 84 valence electrons. The first-order chi connectivity index (χ1) is 7.15. The standard InChI is InChI=1S/C10H16N2O2S/c1-7-5-8(2)12-10(11-7)15-6-9(13-3)14-4/h5,9H,6H2,1-4H3. The number of ether oxygens (including phenoxy) is 2. The fraction of sp³-hybridized carbons (Fsp3) is 0.600. The smallest absolute Gasteiger partial charge is 0.188 e. The van der Waals surface area contributed by atoms with Crippen molar-refractivity contribution < 1.29 is 9.47 Å². The maximum atomic E-state index is 5.08. The minimum atomic E-state index is -0.209. The van der Waals surface area contributed by atoms with E-state index in [1.54, 1.807) is 14.2 Å². The molecule has 0 saturated heterocycles. The number of aryl methyl sites for hydroxylation is 2. The maximum absolute atomic E-state index is 5.08. The maximum Gasteiger partial charge on any atom is 0.188 e. The first-order valence-electron chi connectivity index (χ1n) is 4.66. The van der Waals surface area contributed by atoms with Gasteiger partial charge in [-0.3, -0.25) is 0 Å². The summed E-state index contributed by atoms with van der Waals surface area (Å²) in [5, 5.41) is 0.770. The Morgan fingerprint density at radius 1 is 1.20 bits per heavy atom. The minimum absolute atomic E-state index is 0.209. The highest BCUT2D eigenvalue weighted by molar-refractivity contribution is 7.99. The molecule has 0 aliphatic heterocycles. The summed E-state index contributed by atoms with van der Waals surface area (Å²) in [5.41, 5.74) is 1.97. The van der Waals surface area contributed by atoms with Crippen molar-refractivity contribution in [3.63, 3.8) is 0 Å². The molecule has 0 fully saturated rings. The third-order valence-corrected chi connectivity index (χ3v) is 2.72. The van der Waals surface area contributed by atoms with Crippen molar-refractivity contribution in [2.45, 2.75) is 25.3 Å². The van der Waals surface area contributed by atoms with E-state index in [9.17, 15) is 0 Å². The molecule has 0 unspecified atom stereocenters. The monoisotopic (exact) mass is 228 g/mol. The van der Waals surface area contributed by atoms with Gasteiger partial charge < -0.3 is 9.47 Å². The van der Waals surface area contributed by atoms with Crippen LogP contribution in [0.2, 0.25) is 0 Å². The number of nitrogens with zero attached hydrogens (tertiary/aromatic N) is 2. The van der Waals surface area contributed by atoms with E-state index in [1.807, 2.05) is 19.9 Å². The van der Waals surface area contributed by atoms with Gasteiger partial charge in [0.1, 0.15) is 0 Å². The Bertz CT molecular complexity index is 296. The molecule has 4 nitrogen and oxygen atoms in total. The fourth-order valence-corrected chi connectivity index (χ4v) is 2.11. The summed E-state index contributed by atoms with van der Waals surface area (Å²) in [6, 6.07) is 1.95. The second kappa shape index (κ2) is 6.05. The molecule has 1 aromatic heterocycles. The lowest BCUT2D eigenvalue weighted by Crippen LogP contribution is -2.16. The molecule has 1 rings (SSSR count). The van der Waals surface area contributed by atoms with Crippen molar-refractivity contribution in [3.05, 3.63) is 17.5 Å². The normalized spacial score (nSPS) is 11.0. The van der Waals surface area contributed by atoms with Gasteiger partial charge in [0.25, 0.3) is 0 Å².